The molecule has 0 aliphatic carbocycles. The van der Waals surface area contributed by atoms with Gasteiger partial charge in [-0.05, 0) is 27.8 Å². The van der Waals surface area contributed by atoms with Crippen LogP contribution in [-0.4, -0.2) is 16.1 Å². The first-order valence-corrected chi connectivity index (χ1v) is 4.56. The largest absolute Gasteiger partial charge is 0.368 e. The van der Waals surface area contributed by atoms with Crippen LogP contribution >= 0.6 is 9.39 Å². The maximum atomic E-state index is 4.27. The van der Waals surface area contributed by atoms with Crippen molar-refractivity contribution in [2.45, 2.75) is 12.8 Å². The molecule has 64 valence electrons. The van der Waals surface area contributed by atoms with E-state index in [-0.39, 0.29) is 0 Å². The highest BCUT2D eigenvalue weighted by Gasteiger charge is 2.13. The first kappa shape index (κ1) is 7.81. The fourth-order valence-corrected chi connectivity index (χ4v) is 1.69. The molecule has 1 N–H and O–H groups in total. The number of nitrogens with one attached hydrogen (secondary N) is 1. The number of fused-ring (bicyclic) bond motifs is 1. The van der Waals surface area contributed by atoms with Crippen LogP contribution in [0.2, 0.25) is 0 Å². The summed E-state index contributed by atoms with van der Waals surface area (Å²) in [5, 5.41) is 7.54. The fourth-order valence-electron chi connectivity index (χ4n) is 1.42. The third-order valence-corrected chi connectivity index (χ3v) is 2.33. The standard InChI is InChI=1S/C8H12N3P/c1-6-3-2-4-9-8-7(6)5-11(12)10-8/h5H,1-4,12H2,(H,9,10). The summed E-state index contributed by atoms with van der Waals surface area (Å²) in [6, 6.07) is 0. The van der Waals surface area contributed by atoms with Gasteiger partial charge in [0.15, 0.2) is 5.82 Å². The predicted molar refractivity (Wildman–Crippen MR) is 54.1 cm³/mol. The van der Waals surface area contributed by atoms with E-state index in [0.717, 1.165) is 30.8 Å². The maximum absolute atomic E-state index is 4.27. The number of aromatic nitrogens is 2. The second-order valence-electron chi connectivity index (χ2n) is 3.01. The Bertz CT molecular complexity index is 316. The lowest BCUT2D eigenvalue weighted by Crippen LogP contribution is -1.99. The van der Waals surface area contributed by atoms with E-state index in [4.69, 9.17) is 0 Å². The predicted octanol–water partition coefficient (Wildman–Crippen LogP) is 1.74. The van der Waals surface area contributed by atoms with Crippen molar-refractivity contribution >= 4 is 20.8 Å². The van der Waals surface area contributed by atoms with Gasteiger partial charge in [0.05, 0.1) is 0 Å². The van der Waals surface area contributed by atoms with Crippen molar-refractivity contribution in [1.82, 2.24) is 9.55 Å². The normalized spacial score (nSPS) is 16.6. The van der Waals surface area contributed by atoms with Crippen LogP contribution in [0.1, 0.15) is 18.4 Å². The van der Waals surface area contributed by atoms with E-state index in [2.05, 4.69) is 26.4 Å². The zero-order valence-corrected chi connectivity index (χ0v) is 8.03. The smallest absolute Gasteiger partial charge is 0.155 e. The summed E-state index contributed by atoms with van der Waals surface area (Å²) in [6.45, 7) is 5.02. The quantitative estimate of drug-likeness (QED) is 0.618. The zero-order chi connectivity index (χ0) is 8.55. The van der Waals surface area contributed by atoms with Gasteiger partial charge in [-0.1, -0.05) is 6.58 Å². The molecule has 4 heteroatoms. The van der Waals surface area contributed by atoms with Crippen molar-refractivity contribution < 1.29 is 0 Å². The van der Waals surface area contributed by atoms with Crippen LogP contribution in [-0.2, 0) is 0 Å². The Morgan fingerprint density at radius 3 is 3.33 bits per heavy atom. The fraction of sp³-hybridized carbons (Fsp3) is 0.375. The number of allylic oxidation sites excluding steroid dienone is 1. The minimum atomic E-state index is 0.965. The van der Waals surface area contributed by atoms with Crippen LogP contribution in [0.3, 0.4) is 0 Å². The molecule has 0 bridgehead atoms. The second-order valence-corrected chi connectivity index (χ2v) is 3.53. The van der Waals surface area contributed by atoms with Crippen LogP contribution in [0.5, 0.6) is 0 Å². The molecule has 2 rings (SSSR count). The Balaban J connectivity index is 2.44. The van der Waals surface area contributed by atoms with Crippen LogP contribution in [0.4, 0.5) is 5.82 Å². The van der Waals surface area contributed by atoms with Crippen LogP contribution in [0.25, 0.3) is 5.57 Å². The second kappa shape index (κ2) is 2.91. The van der Waals surface area contributed by atoms with E-state index in [1.54, 1.807) is 4.45 Å². The third-order valence-electron chi connectivity index (χ3n) is 2.06. The van der Waals surface area contributed by atoms with Gasteiger partial charge in [-0.15, -0.1) is 0 Å². The van der Waals surface area contributed by atoms with Crippen LogP contribution < -0.4 is 5.32 Å². The van der Waals surface area contributed by atoms with Gasteiger partial charge in [0.1, 0.15) is 0 Å². The van der Waals surface area contributed by atoms with E-state index in [1.165, 1.54) is 5.57 Å². The topological polar surface area (TPSA) is 29.9 Å². The van der Waals surface area contributed by atoms with Gasteiger partial charge in [0, 0.05) is 18.3 Å². The Kier molecular flexibility index (Phi) is 1.89. The van der Waals surface area contributed by atoms with Gasteiger partial charge in [0.25, 0.3) is 0 Å². The molecule has 0 aromatic carbocycles. The summed E-state index contributed by atoms with van der Waals surface area (Å²) >= 11 is 0. The molecular weight excluding hydrogens is 169 g/mol. The van der Waals surface area contributed by atoms with Gasteiger partial charge in [0.2, 0.25) is 0 Å². The first-order valence-electron chi connectivity index (χ1n) is 4.04. The molecule has 0 spiro atoms. The Labute approximate surface area is 74.1 Å². The molecule has 0 amide bonds. The monoisotopic (exact) mass is 181 g/mol. The summed E-state index contributed by atoms with van der Waals surface area (Å²) in [5.41, 5.74) is 2.34. The lowest BCUT2D eigenvalue weighted by molar-refractivity contribution is 0.900. The molecule has 1 atom stereocenters. The first-order chi connectivity index (χ1) is 5.77. The number of nitrogens with zero attached hydrogens (tertiary/aromatic N) is 2. The van der Waals surface area contributed by atoms with Crippen LogP contribution in [0, 0.1) is 0 Å². The minimum Gasteiger partial charge on any atom is -0.368 e. The molecule has 1 aromatic heterocycles. The molecule has 12 heavy (non-hydrogen) atoms. The highest BCUT2D eigenvalue weighted by atomic mass is 31.0. The van der Waals surface area contributed by atoms with Gasteiger partial charge >= 0.3 is 0 Å². The third kappa shape index (κ3) is 1.25. The highest BCUT2D eigenvalue weighted by molar-refractivity contribution is 7.14. The van der Waals surface area contributed by atoms with E-state index >= 15 is 0 Å². The van der Waals surface area contributed by atoms with E-state index in [1.807, 2.05) is 6.20 Å². The molecule has 1 aliphatic heterocycles. The lowest BCUT2D eigenvalue weighted by atomic mass is 10.1. The van der Waals surface area contributed by atoms with Crippen molar-refractivity contribution in [3.05, 3.63) is 18.3 Å². The van der Waals surface area contributed by atoms with Gasteiger partial charge in [-0.25, -0.2) is 0 Å². The molecule has 0 saturated heterocycles. The minimum absolute atomic E-state index is 0.965. The zero-order valence-electron chi connectivity index (χ0n) is 6.88. The van der Waals surface area contributed by atoms with Gasteiger partial charge < -0.3 is 5.32 Å². The molecule has 0 saturated carbocycles. The molecule has 2 heterocycles. The highest BCUT2D eigenvalue weighted by Crippen LogP contribution is 2.28. The average Bonchev–Trinajstić information content (AvgIpc) is 2.33. The summed E-state index contributed by atoms with van der Waals surface area (Å²) in [7, 11) is 2.53. The summed E-state index contributed by atoms with van der Waals surface area (Å²) < 4.78 is 1.74. The van der Waals surface area contributed by atoms with E-state index < -0.39 is 0 Å². The maximum Gasteiger partial charge on any atom is 0.155 e. The average molecular weight is 181 g/mol. The number of hydrogen-bond acceptors (Lipinski definition) is 2. The Morgan fingerprint density at radius 2 is 2.50 bits per heavy atom. The van der Waals surface area contributed by atoms with E-state index in [0.29, 0.717) is 0 Å². The Hall–Kier alpha value is -0.820. The van der Waals surface area contributed by atoms with E-state index in [9.17, 15) is 0 Å². The molecule has 1 aliphatic rings. The number of hydrogen-bond donors (Lipinski definition) is 1. The number of anilines is 1. The lowest BCUT2D eigenvalue weighted by Gasteiger charge is -1.97. The van der Waals surface area contributed by atoms with Gasteiger partial charge in [-0.2, -0.15) is 5.10 Å². The SMILES string of the molecule is C=C1CCCNc2nn(P)cc21. The van der Waals surface area contributed by atoms with Crippen LogP contribution in [0.15, 0.2) is 12.8 Å². The van der Waals surface area contributed by atoms with Crippen molar-refractivity contribution in [1.29, 1.82) is 0 Å². The summed E-state index contributed by atoms with van der Waals surface area (Å²) in [6.07, 6.45) is 4.20. The van der Waals surface area contributed by atoms with Crippen molar-refractivity contribution in [3.8, 4) is 0 Å². The molecule has 0 radical (unpaired) electrons. The molecule has 1 unspecified atom stereocenters. The van der Waals surface area contributed by atoms with Crippen molar-refractivity contribution in [3.63, 3.8) is 0 Å². The van der Waals surface area contributed by atoms with Gasteiger partial charge in [-0.3, -0.25) is 4.45 Å². The van der Waals surface area contributed by atoms with Crippen molar-refractivity contribution in [2.75, 3.05) is 11.9 Å². The molecule has 1 aromatic rings. The molecular formula is C8H12N3P. The number of rotatable bonds is 0. The summed E-state index contributed by atoms with van der Waals surface area (Å²) in [4.78, 5) is 0. The summed E-state index contributed by atoms with van der Waals surface area (Å²) in [5.74, 6) is 0.965. The van der Waals surface area contributed by atoms with Crippen molar-refractivity contribution in [2.24, 2.45) is 0 Å². The molecule has 0 fully saturated rings. The Morgan fingerprint density at radius 1 is 1.67 bits per heavy atom. The molecule has 3 nitrogen and oxygen atoms in total.